The highest BCUT2D eigenvalue weighted by Crippen LogP contribution is 2.46. The topological polar surface area (TPSA) is 93.3 Å². The molecule has 0 saturated carbocycles. The number of hydrogen-bond donors (Lipinski definition) is 2. The number of amides is 1. The summed E-state index contributed by atoms with van der Waals surface area (Å²) in [6, 6.07) is 20.3. The quantitative estimate of drug-likeness (QED) is 0.186. The zero-order valence-corrected chi connectivity index (χ0v) is 26.6. The standard InChI is InChI=1S/C36H34F4N8O/c1-24(47-17-19-48(20-18-47)29-10-5-26(6-11-29)33-41-14-2-15-42-33)22-46-16-13-35(23-46,36(38,39)40)34(49)43-28-9-12-31-30(21-28)32(45-44-31)25-3-7-27(37)8-4-25/h2-12,14-15,21H,1,13,16-20,22-23H2,(H,43,49)(H,44,45). The van der Waals surface area contributed by atoms with Crippen molar-refractivity contribution in [3.05, 3.63) is 103 Å². The number of H-pyrrole nitrogens is 1. The van der Waals surface area contributed by atoms with Crippen LogP contribution in [0.3, 0.4) is 0 Å². The fourth-order valence-electron chi connectivity index (χ4n) is 6.65. The smallest absolute Gasteiger partial charge is 0.371 e. The van der Waals surface area contributed by atoms with Crippen molar-refractivity contribution in [2.45, 2.75) is 12.6 Å². The average Bonchev–Trinajstić information content (AvgIpc) is 3.74. The maximum absolute atomic E-state index is 14.7. The summed E-state index contributed by atoms with van der Waals surface area (Å²) in [6.07, 6.45) is -1.71. The number of aromatic nitrogens is 4. The summed E-state index contributed by atoms with van der Waals surface area (Å²) in [4.78, 5) is 28.1. The summed E-state index contributed by atoms with van der Waals surface area (Å²) in [5, 5.41) is 10.3. The Morgan fingerprint density at radius 3 is 2.31 bits per heavy atom. The Morgan fingerprint density at radius 1 is 0.918 bits per heavy atom. The lowest BCUT2D eigenvalue weighted by Crippen LogP contribution is -2.50. The van der Waals surface area contributed by atoms with Crippen LogP contribution in [0.4, 0.5) is 28.9 Å². The van der Waals surface area contributed by atoms with Gasteiger partial charge in [0.1, 0.15) is 5.82 Å². The molecule has 7 rings (SSSR count). The number of rotatable bonds is 8. The number of alkyl halides is 3. The van der Waals surface area contributed by atoms with Crippen LogP contribution in [0.2, 0.25) is 0 Å². The molecule has 1 unspecified atom stereocenters. The van der Waals surface area contributed by atoms with Crippen LogP contribution in [0.25, 0.3) is 33.5 Å². The van der Waals surface area contributed by atoms with Crippen molar-refractivity contribution in [1.82, 2.24) is 30.0 Å². The molecule has 2 aliphatic heterocycles. The molecule has 0 spiro atoms. The minimum atomic E-state index is -4.76. The third-order valence-corrected chi connectivity index (χ3v) is 9.45. The zero-order chi connectivity index (χ0) is 34.2. The second kappa shape index (κ2) is 13.0. The first kappa shape index (κ1) is 32.3. The molecule has 2 saturated heterocycles. The van der Waals surface area contributed by atoms with Crippen LogP contribution in [-0.2, 0) is 4.79 Å². The van der Waals surface area contributed by atoms with Crippen LogP contribution in [-0.4, -0.2) is 87.9 Å². The van der Waals surface area contributed by atoms with E-state index in [-0.39, 0.29) is 25.2 Å². The maximum Gasteiger partial charge on any atom is 0.404 e. The molecule has 2 N–H and O–H groups in total. The summed E-state index contributed by atoms with van der Waals surface area (Å²) in [7, 11) is 0. The number of nitrogens with one attached hydrogen (secondary N) is 2. The summed E-state index contributed by atoms with van der Waals surface area (Å²) in [6.45, 7) is 6.92. The van der Waals surface area contributed by atoms with Crippen molar-refractivity contribution >= 4 is 28.2 Å². The number of fused-ring (bicyclic) bond motifs is 1. The SMILES string of the molecule is C=C(CN1CCC(C(=O)Nc2ccc3[nH]nc(-c4ccc(F)cc4)c3c2)(C(F)(F)F)C1)N1CCN(c2ccc(-c3ncccn3)cc2)CC1. The molecule has 13 heteroatoms. The molecule has 0 radical (unpaired) electrons. The number of hydrogen-bond acceptors (Lipinski definition) is 7. The Kier molecular flexibility index (Phi) is 8.53. The van der Waals surface area contributed by atoms with Gasteiger partial charge in [-0.3, -0.25) is 14.8 Å². The first-order valence-corrected chi connectivity index (χ1v) is 16.0. The van der Waals surface area contributed by atoms with Crippen LogP contribution in [0.1, 0.15) is 6.42 Å². The molecule has 4 heterocycles. The van der Waals surface area contributed by atoms with Crippen LogP contribution in [0.15, 0.2) is 97.5 Å². The Bertz CT molecular complexity index is 1960. The van der Waals surface area contributed by atoms with E-state index >= 15 is 0 Å². The molecule has 3 aromatic carbocycles. The molecular weight excluding hydrogens is 636 g/mol. The van der Waals surface area contributed by atoms with Crippen LogP contribution in [0.5, 0.6) is 0 Å². The van der Waals surface area contributed by atoms with Gasteiger partial charge in [-0.05, 0) is 79.2 Å². The first-order valence-electron chi connectivity index (χ1n) is 16.0. The van der Waals surface area contributed by atoms with E-state index in [1.54, 1.807) is 47.6 Å². The van der Waals surface area contributed by atoms with E-state index in [1.807, 2.05) is 24.3 Å². The molecule has 0 aliphatic carbocycles. The van der Waals surface area contributed by atoms with E-state index in [2.05, 4.69) is 41.9 Å². The average molecular weight is 671 g/mol. The zero-order valence-electron chi connectivity index (χ0n) is 26.6. The molecule has 49 heavy (non-hydrogen) atoms. The normalized spacial score (nSPS) is 18.6. The van der Waals surface area contributed by atoms with Crippen molar-refractivity contribution in [1.29, 1.82) is 0 Å². The van der Waals surface area contributed by atoms with Gasteiger partial charge in [0.2, 0.25) is 5.91 Å². The molecule has 2 fully saturated rings. The van der Waals surface area contributed by atoms with Crippen molar-refractivity contribution < 1.29 is 22.4 Å². The molecule has 2 aliphatic rings. The predicted octanol–water partition coefficient (Wildman–Crippen LogP) is 6.35. The molecule has 252 valence electrons. The highest BCUT2D eigenvalue weighted by molar-refractivity contribution is 6.00. The van der Waals surface area contributed by atoms with Crippen molar-refractivity contribution in [2.75, 3.05) is 56.0 Å². The Balaban J connectivity index is 0.977. The van der Waals surface area contributed by atoms with E-state index in [4.69, 9.17) is 0 Å². The molecule has 1 amide bonds. The lowest BCUT2D eigenvalue weighted by molar-refractivity contribution is -0.215. The van der Waals surface area contributed by atoms with Gasteiger partial charge in [0.25, 0.3) is 0 Å². The molecule has 9 nitrogen and oxygen atoms in total. The third kappa shape index (κ3) is 6.45. The van der Waals surface area contributed by atoms with Crippen LogP contribution >= 0.6 is 0 Å². The number of anilines is 2. The fourth-order valence-corrected chi connectivity index (χ4v) is 6.65. The Labute approximate surface area is 280 Å². The highest BCUT2D eigenvalue weighted by Gasteiger charge is 2.63. The fraction of sp³-hybridized carbons (Fsp3) is 0.278. The van der Waals surface area contributed by atoms with Gasteiger partial charge in [0.05, 0.1) is 11.2 Å². The van der Waals surface area contributed by atoms with Gasteiger partial charge in [0.15, 0.2) is 11.2 Å². The summed E-state index contributed by atoms with van der Waals surface area (Å²) in [5.74, 6) is -0.835. The Hall–Kier alpha value is -5.30. The summed E-state index contributed by atoms with van der Waals surface area (Å²) in [5.41, 5.74) is 2.13. The third-order valence-electron chi connectivity index (χ3n) is 9.45. The van der Waals surface area contributed by atoms with Gasteiger partial charge in [-0.25, -0.2) is 14.4 Å². The number of nitrogens with zero attached hydrogens (tertiary/aromatic N) is 6. The minimum Gasteiger partial charge on any atom is -0.371 e. The van der Waals surface area contributed by atoms with Gasteiger partial charge in [-0.2, -0.15) is 18.3 Å². The number of halogens is 4. The molecule has 0 bridgehead atoms. The number of piperazine rings is 1. The van der Waals surface area contributed by atoms with Gasteiger partial charge >= 0.3 is 6.18 Å². The van der Waals surface area contributed by atoms with Crippen molar-refractivity contribution in [2.24, 2.45) is 5.41 Å². The first-order chi connectivity index (χ1) is 23.6. The summed E-state index contributed by atoms with van der Waals surface area (Å²) >= 11 is 0. The molecule has 5 aromatic rings. The number of likely N-dealkylation sites (tertiary alicyclic amines) is 1. The van der Waals surface area contributed by atoms with E-state index < -0.39 is 29.9 Å². The van der Waals surface area contributed by atoms with Gasteiger partial charge in [-0.1, -0.05) is 6.58 Å². The van der Waals surface area contributed by atoms with Crippen molar-refractivity contribution in [3.8, 4) is 22.6 Å². The number of carbonyl (C=O) groups excluding carboxylic acids is 1. The van der Waals surface area contributed by atoms with Gasteiger partial charge in [0, 0.05) is 91.8 Å². The van der Waals surface area contributed by atoms with E-state index in [0.717, 1.165) is 30.0 Å². The lowest BCUT2D eigenvalue weighted by atomic mass is 9.85. The largest absolute Gasteiger partial charge is 0.404 e. The predicted molar refractivity (Wildman–Crippen MR) is 180 cm³/mol. The molecular formula is C36H34F4N8O. The Morgan fingerprint density at radius 2 is 1.61 bits per heavy atom. The minimum absolute atomic E-state index is 0.110. The number of aromatic amines is 1. The molecule has 1 atom stereocenters. The second-order valence-corrected chi connectivity index (χ2v) is 12.5. The lowest BCUT2D eigenvalue weighted by Gasteiger charge is -2.39. The van der Waals surface area contributed by atoms with E-state index in [0.29, 0.717) is 41.1 Å². The second-order valence-electron chi connectivity index (χ2n) is 12.5. The van der Waals surface area contributed by atoms with Gasteiger partial charge < -0.3 is 15.1 Å². The van der Waals surface area contributed by atoms with Crippen LogP contribution < -0.4 is 10.2 Å². The van der Waals surface area contributed by atoms with E-state index in [1.165, 1.54) is 18.2 Å². The number of benzene rings is 3. The van der Waals surface area contributed by atoms with Crippen LogP contribution in [0, 0.1) is 11.2 Å². The highest BCUT2D eigenvalue weighted by atomic mass is 19.4. The monoisotopic (exact) mass is 670 g/mol. The maximum atomic E-state index is 14.7. The van der Waals surface area contributed by atoms with E-state index in [9.17, 15) is 22.4 Å². The summed E-state index contributed by atoms with van der Waals surface area (Å²) < 4.78 is 57.6. The molecule has 2 aromatic heterocycles. The van der Waals surface area contributed by atoms with Gasteiger partial charge in [-0.15, -0.1) is 0 Å². The number of carbonyl (C=O) groups is 1. The van der Waals surface area contributed by atoms with Crippen molar-refractivity contribution in [3.63, 3.8) is 0 Å².